The summed E-state index contributed by atoms with van der Waals surface area (Å²) in [6, 6.07) is -0.560. The van der Waals surface area contributed by atoms with Gasteiger partial charge in [0.15, 0.2) is 0 Å². The van der Waals surface area contributed by atoms with Crippen LogP contribution < -0.4 is 5.73 Å². The number of aliphatic hydroxyl groups is 1. The minimum absolute atomic E-state index is 0.117. The first-order chi connectivity index (χ1) is 4.16. The summed E-state index contributed by atoms with van der Waals surface area (Å²) in [5.41, 5.74) is 5.15. The van der Waals surface area contributed by atoms with Gasteiger partial charge >= 0.3 is 0 Å². The zero-order chi connectivity index (χ0) is 7.28. The second-order valence-corrected chi connectivity index (χ2v) is 1.90. The van der Waals surface area contributed by atoms with Gasteiger partial charge in [-0.05, 0) is 6.42 Å². The number of alkyl halides is 2. The highest BCUT2D eigenvalue weighted by Gasteiger charge is 2.08. The molecule has 0 rings (SSSR count). The highest BCUT2D eigenvalue weighted by atomic mass is 19.3. The first kappa shape index (κ1) is 8.78. The van der Waals surface area contributed by atoms with E-state index in [0.29, 0.717) is 0 Å². The van der Waals surface area contributed by atoms with E-state index in [0.717, 1.165) is 0 Å². The summed E-state index contributed by atoms with van der Waals surface area (Å²) >= 11 is 0. The van der Waals surface area contributed by atoms with Crippen molar-refractivity contribution in [3.63, 3.8) is 0 Å². The third kappa shape index (κ3) is 5.65. The van der Waals surface area contributed by atoms with E-state index in [1.54, 1.807) is 0 Å². The molecule has 4 heteroatoms. The standard InChI is InChI=1S/C5H11F2NO/c6-5(7)3-4(8)1-2-9/h4-5,9H,1-3,8H2. The van der Waals surface area contributed by atoms with Crippen LogP contribution in [0.1, 0.15) is 12.8 Å². The number of rotatable bonds is 4. The summed E-state index contributed by atoms with van der Waals surface area (Å²) in [4.78, 5) is 0. The highest BCUT2D eigenvalue weighted by Crippen LogP contribution is 2.03. The number of nitrogens with two attached hydrogens (primary N) is 1. The van der Waals surface area contributed by atoms with Crippen molar-refractivity contribution in [1.29, 1.82) is 0 Å². The molecule has 3 N–H and O–H groups in total. The van der Waals surface area contributed by atoms with Crippen molar-refractivity contribution in [2.24, 2.45) is 5.73 Å². The molecule has 0 saturated carbocycles. The van der Waals surface area contributed by atoms with Crippen molar-refractivity contribution in [2.45, 2.75) is 25.3 Å². The molecule has 0 amide bonds. The Morgan fingerprint density at radius 2 is 2.00 bits per heavy atom. The second kappa shape index (κ2) is 4.64. The van der Waals surface area contributed by atoms with E-state index in [1.165, 1.54) is 0 Å². The number of hydrogen-bond acceptors (Lipinski definition) is 2. The topological polar surface area (TPSA) is 46.2 Å². The van der Waals surface area contributed by atoms with Crippen LogP contribution in [0.15, 0.2) is 0 Å². The molecule has 2 nitrogen and oxygen atoms in total. The number of halogens is 2. The lowest BCUT2D eigenvalue weighted by Gasteiger charge is -2.07. The molecule has 0 aromatic carbocycles. The van der Waals surface area contributed by atoms with Crippen molar-refractivity contribution in [1.82, 2.24) is 0 Å². The van der Waals surface area contributed by atoms with Crippen molar-refractivity contribution >= 4 is 0 Å². The molecule has 0 aromatic heterocycles. The minimum Gasteiger partial charge on any atom is -0.396 e. The third-order valence-electron chi connectivity index (χ3n) is 0.981. The van der Waals surface area contributed by atoms with Gasteiger partial charge in [-0.1, -0.05) is 0 Å². The zero-order valence-corrected chi connectivity index (χ0v) is 5.06. The van der Waals surface area contributed by atoms with Crippen molar-refractivity contribution in [2.75, 3.05) is 6.61 Å². The maximum Gasteiger partial charge on any atom is 0.240 e. The molecule has 0 heterocycles. The molecular formula is C5H11F2NO. The van der Waals surface area contributed by atoms with Gasteiger partial charge in [0.1, 0.15) is 0 Å². The van der Waals surface area contributed by atoms with E-state index in [2.05, 4.69) is 0 Å². The van der Waals surface area contributed by atoms with Crippen LogP contribution >= 0.6 is 0 Å². The molecule has 0 radical (unpaired) electrons. The van der Waals surface area contributed by atoms with Crippen LogP contribution in [-0.4, -0.2) is 24.2 Å². The van der Waals surface area contributed by atoms with Crippen LogP contribution in [0.25, 0.3) is 0 Å². The predicted octanol–water partition coefficient (Wildman–Crippen LogP) is 0.351. The molecule has 0 aliphatic heterocycles. The van der Waals surface area contributed by atoms with Gasteiger partial charge in [0.2, 0.25) is 6.43 Å². The predicted molar refractivity (Wildman–Crippen MR) is 30.3 cm³/mol. The second-order valence-electron chi connectivity index (χ2n) is 1.90. The summed E-state index contributed by atoms with van der Waals surface area (Å²) in [5.74, 6) is 0. The molecule has 56 valence electrons. The quantitative estimate of drug-likeness (QED) is 0.590. The largest absolute Gasteiger partial charge is 0.396 e. The van der Waals surface area contributed by atoms with Gasteiger partial charge in [-0.25, -0.2) is 8.78 Å². The molecule has 1 atom stereocenters. The van der Waals surface area contributed by atoms with Crippen LogP contribution in [-0.2, 0) is 0 Å². The monoisotopic (exact) mass is 139 g/mol. The Kier molecular flexibility index (Phi) is 4.53. The molecule has 0 aliphatic rings. The van der Waals surface area contributed by atoms with Crippen LogP contribution in [0.4, 0.5) is 8.78 Å². The molecule has 0 aromatic rings. The SMILES string of the molecule is NC(CCO)CC(F)F. The van der Waals surface area contributed by atoms with Crippen molar-refractivity contribution in [3.05, 3.63) is 0 Å². The molecule has 0 saturated heterocycles. The lowest BCUT2D eigenvalue weighted by Crippen LogP contribution is -2.23. The summed E-state index contributed by atoms with van der Waals surface area (Å²) in [7, 11) is 0. The first-order valence-electron chi connectivity index (χ1n) is 2.81. The Balaban J connectivity index is 3.15. The fraction of sp³-hybridized carbons (Fsp3) is 1.00. The lowest BCUT2D eigenvalue weighted by molar-refractivity contribution is 0.123. The fourth-order valence-electron chi connectivity index (χ4n) is 0.513. The maximum atomic E-state index is 11.4. The van der Waals surface area contributed by atoms with Gasteiger partial charge in [-0.15, -0.1) is 0 Å². The van der Waals surface area contributed by atoms with E-state index >= 15 is 0 Å². The summed E-state index contributed by atoms with van der Waals surface area (Å²) < 4.78 is 22.9. The Morgan fingerprint density at radius 1 is 1.44 bits per heavy atom. The van der Waals surface area contributed by atoms with Crippen LogP contribution in [0.3, 0.4) is 0 Å². The van der Waals surface area contributed by atoms with Crippen molar-refractivity contribution < 1.29 is 13.9 Å². The van der Waals surface area contributed by atoms with E-state index in [4.69, 9.17) is 10.8 Å². The number of aliphatic hydroxyl groups excluding tert-OH is 1. The molecule has 9 heavy (non-hydrogen) atoms. The van der Waals surface area contributed by atoms with Crippen LogP contribution in [0, 0.1) is 0 Å². The highest BCUT2D eigenvalue weighted by molar-refractivity contribution is 4.60. The van der Waals surface area contributed by atoms with Gasteiger partial charge in [0.05, 0.1) is 0 Å². The van der Waals surface area contributed by atoms with Gasteiger partial charge in [-0.3, -0.25) is 0 Å². The van der Waals surface area contributed by atoms with Gasteiger partial charge in [-0.2, -0.15) is 0 Å². The average molecular weight is 139 g/mol. The Hall–Kier alpha value is -0.220. The van der Waals surface area contributed by atoms with E-state index in [1.807, 2.05) is 0 Å². The summed E-state index contributed by atoms with van der Waals surface area (Å²) in [6.07, 6.45) is -2.42. The molecule has 0 spiro atoms. The Morgan fingerprint density at radius 3 is 2.33 bits per heavy atom. The summed E-state index contributed by atoms with van der Waals surface area (Å²) in [5, 5.41) is 8.22. The fourth-order valence-corrected chi connectivity index (χ4v) is 0.513. The number of hydrogen-bond donors (Lipinski definition) is 2. The minimum atomic E-state index is -2.36. The van der Waals surface area contributed by atoms with Crippen LogP contribution in [0.5, 0.6) is 0 Å². The average Bonchev–Trinajstić information content (AvgIpc) is 1.63. The van der Waals surface area contributed by atoms with E-state index < -0.39 is 12.5 Å². The molecule has 1 unspecified atom stereocenters. The Bertz CT molecular complexity index is 70.0. The van der Waals surface area contributed by atoms with Gasteiger partial charge in [0, 0.05) is 19.1 Å². The molecule has 0 fully saturated rings. The Labute approximate surface area is 52.7 Å². The summed E-state index contributed by atoms with van der Waals surface area (Å²) in [6.45, 7) is -0.117. The maximum absolute atomic E-state index is 11.4. The van der Waals surface area contributed by atoms with Gasteiger partial charge in [0.25, 0.3) is 0 Å². The lowest BCUT2D eigenvalue weighted by atomic mass is 10.2. The first-order valence-corrected chi connectivity index (χ1v) is 2.81. The van der Waals surface area contributed by atoms with Gasteiger partial charge < -0.3 is 10.8 Å². The smallest absolute Gasteiger partial charge is 0.240 e. The molecule has 0 aliphatic carbocycles. The van der Waals surface area contributed by atoms with Crippen molar-refractivity contribution in [3.8, 4) is 0 Å². The van der Waals surface area contributed by atoms with E-state index in [-0.39, 0.29) is 19.4 Å². The zero-order valence-electron chi connectivity index (χ0n) is 5.06. The van der Waals surface area contributed by atoms with E-state index in [9.17, 15) is 8.78 Å². The normalized spacial score (nSPS) is 14.3. The molecular weight excluding hydrogens is 128 g/mol. The third-order valence-corrected chi connectivity index (χ3v) is 0.981. The van der Waals surface area contributed by atoms with Crippen LogP contribution in [0.2, 0.25) is 0 Å². The molecule has 0 bridgehead atoms.